The van der Waals surface area contributed by atoms with Crippen molar-refractivity contribution in [1.82, 2.24) is 9.78 Å². The fourth-order valence-electron chi connectivity index (χ4n) is 1.45. The van der Waals surface area contributed by atoms with E-state index in [-0.39, 0.29) is 17.1 Å². The van der Waals surface area contributed by atoms with Crippen molar-refractivity contribution < 1.29 is 14.1 Å². The Hall–Kier alpha value is -1.96. The summed E-state index contributed by atoms with van der Waals surface area (Å²) in [7, 11) is 1.28. The highest BCUT2D eigenvalue weighted by Crippen LogP contribution is 2.30. The molecule has 0 bridgehead atoms. The minimum atomic E-state index is -0.792. The summed E-state index contributed by atoms with van der Waals surface area (Å²) in [6.07, 6.45) is 3.00. The predicted molar refractivity (Wildman–Crippen MR) is 64.4 cm³/mol. The SMILES string of the molecule is COc1cc(-n2cc(Br)cn2)c([N+](=O)[O-])cc1F. The first kappa shape index (κ1) is 12.5. The van der Waals surface area contributed by atoms with Gasteiger partial charge in [0, 0.05) is 12.3 Å². The minimum absolute atomic E-state index is 0.0813. The summed E-state index contributed by atoms with van der Waals surface area (Å²) >= 11 is 3.18. The van der Waals surface area contributed by atoms with E-state index in [0.717, 1.165) is 6.07 Å². The average Bonchev–Trinajstić information content (AvgIpc) is 2.75. The van der Waals surface area contributed by atoms with Crippen LogP contribution < -0.4 is 4.74 Å². The van der Waals surface area contributed by atoms with Crippen LogP contribution in [0.2, 0.25) is 0 Å². The van der Waals surface area contributed by atoms with Gasteiger partial charge in [-0.05, 0) is 15.9 Å². The maximum absolute atomic E-state index is 13.4. The smallest absolute Gasteiger partial charge is 0.298 e. The zero-order chi connectivity index (χ0) is 13.3. The van der Waals surface area contributed by atoms with E-state index in [0.29, 0.717) is 4.47 Å². The molecule has 2 aromatic rings. The first-order chi connectivity index (χ1) is 8.52. The number of benzene rings is 1. The van der Waals surface area contributed by atoms with Gasteiger partial charge in [-0.25, -0.2) is 9.07 Å². The van der Waals surface area contributed by atoms with Crippen LogP contribution in [0, 0.1) is 15.9 Å². The van der Waals surface area contributed by atoms with E-state index in [9.17, 15) is 14.5 Å². The molecule has 2 rings (SSSR count). The lowest BCUT2D eigenvalue weighted by molar-refractivity contribution is -0.384. The summed E-state index contributed by atoms with van der Waals surface area (Å²) in [4.78, 5) is 10.2. The van der Waals surface area contributed by atoms with E-state index in [1.807, 2.05) is 0 Å². The maximum Gasteiger partial charge on any atom is 0.298 e. The lowest BCUT2D eigenvalue weighted by Gasteiger charge is -2.06. The van der Waals surface area contributed by atoms with Crippen molar-refractivity contribution in [2.45, 2.75) is 0 Å². The molecule has 94 valence electrons. The molecule has 0 N–H and O–H groups in total. The standard InChI is InChI=1S/C10H7BrFN3O3/c1-18-10-3-8(14-5-6(11)4-13-14)9(15(16)17)2-7(10)12/h2-5H,1H3. The van der Waals surface area contributed by atoms with Gasteiger partial charge >= 0.3 is 0 Å². The van der Waals surface area contributed by atoms with Crippen LogP contribution >= 0.6 is 15.9 Å². The fourth-order valence-corrected chi connectivity index (χ4v) is 1.74. The topological polar surface area (TPSA) is 70.2 Å². The molecule has 0 saturated carbocycles. The number of halogens is 2. The van der Waals surface area contributed by atoms with Crippen LogP contribution in [0.5, 0.6) is 5.75 Å². The Labute approximate surface area is 109 Å². The second-order valence-corrected chi connectivity index (χ2v) is 4.25. The number of rotatable bonds is 3. The minimum Gasteiger partial charge on any atom is -0.494 e. The van der Waals surface area contributed by atoms with Crippen LogP contribution in [-0.2, 0) is 0 Å². The molecule has 1 aromatic carbocycles. The predicted octanol–water partition coefficient (Wildman–Crippen LogP) is 2.69. The lowest BCUT2D eigenvalue weighted by atomic mass is 10.2. The largest absolute Gasteiger partial charge is 0.494 e. The van der Waals surface area contributed by atoms with Gasteiger partial charge in [-0.15, -0.1) is 0 Å². The first-order valence-electron chi connectivity index (χ1n) is 4.75. The molecule has 0 aliphatic carbocycles. The highest BCUT2D eigenvalue weighted by atomic mass is 79.9. The Morgan fingerprint density at radius 1 is 1.56 bits per heavy atom. The van der Waals surface area contributed by atoms with Gasteiger partial charge in [0.15, 0.2) is 11.6 Å². The van der Waals surface area contributed by atoms with Crippen molar-refractivity contribution in [3.63, 3.8) is 0 Å². The second-order valence-electron chi connectivity index (χ2n) is 3.34. The van der Waals surface area contributed by atoms with Crippen LogP contribution in [0.1, 0.15) is 0 Å². The maximum atomic E-state index is 13.4. The van der Waals surface area contributed by atoms with Crippen molar-refractivity contribution >= 4 is 21.6 Å². The molecular formula is C10H7BrFN3O3. The summed E-state index contributed by atoms with van der Waals surface area (Å²) in [6, 6.07) is 2.04. The lowest BCUT2D eigenvalue weighted by Crippen LogP contribution is -2.02. The van der Waals surface area contributed by atoms with E-state index < -0.39 is 10.7 Å². The van der Waals surface area contributed by atoms with E-state index >= 15 is 0 Å². The molecule has 0 spiro atoms. The Balaban J connectivity index is 2.66. The third kappa shape index (κ3) is 2.19. The van der Waals surface area contributed by atoms with E-state index in [1.54, 1.807) is 0 Å². The molecule has 18 heavy (non-hydrogen) atoms. The molecule has 0 aliphatic rings. The number of ether oxygens (including phenoxy) is 1. The second kappa shape index (κ2) is 4.73. The van der Waals surface area contributed by atoms with Gasteiger partial charge in [-0.2, -0.15) is 5.10 Å². The molecule has 8 heteroatoms. The van der Waals surface area contributed by atoms with Gasteiger partial charge in [0.05, 0.1) is 28.8 Å². The van der Waals surface area contributed by atoms with Crippen LogP contribution in [0.15, 0.2) is 29.0 Å². The van der Waals surface area contributed by atoms with Crippen molar-refractivity contribution in [3.05, 3.63) is 44.9 Å². The number of nitro benzene ring substituents is 1. The molecule has 0 fully saturated rings. The Bertz CT molecular complexity index is 614. The molecule has 1 heterocycles. The van der Waals surface area contributed by atoms with Gasteiger partial charge in [0.25, 0.3) is 5.69 Å². The molecular weight excluding hydrogens is 309 g/mol. The summed E-state index contributed by atoms with van der Waals surface area (Å²) in [6.45, 7) is 0. The molecule has 6 nitrogen and oxygen atoms in total. The first-order valence-corrected chi connectivity index (χ1v) is 5.54. The third-order valence-electron chi connectivity index (χ3n) is 2.24. The normalized spacial score (nSPS) is 10.4. The van der Waals surface area contributed by atoms with Gasteiger partial charge in [0.1, 0.15) is 5.69 Å². The summed E-state index contributed by atoms with van der Waals surface area (Å²) in [5, 5.41) is 14.8. The highest BCUT2D eigenvalue weighted by Gasteiger charge is 2.20. The fraction of sp³-hybridized carbons (Fsp3) is 0.100. The summed E-state index contributed by atoms with van der Waals surface area (Å²) in [5.41, 5.74) is -0.257. The monoisotopic (exact) mass is 315 g/mol. The van der Waals surface area contributed by atoms with E-state index in [2.05, 4.69) is 21.0 Å². The summed E-state index contributed by atoms with van der Waals surface area (Å²) in [5.74, 6) is -0.874. The molecule has 0 saturated heterocycles. The molecule has 0 unspecified atom stereocenters. The van der Waals surface area contributed by atoms with Crippen LogP contribution in [0.4, 0.5) is 10.1 Å². The number of hydrogen-bond acceptors (Lipinski definition) is 4. The zero-order valence-electron chi connectivity index (χ0n) is 9.13. The molecule has 0 atom stereocenters. The third-order valence-corrected chi connectivity index (χ3v) is 2.65. The van der Waals surface area contributed by atoms with Gasteiger partial charge in [-0.1, -0.05) is 0 Å². The van der Waals surface area contributed by atoms with Gasteiger partial charge in [-0.3, -0.25) is 10.1 Å². The van der Waals surface area contributed by atoms with Crippen molar-refractivity contribution in [2.24, 2.45) is 0 Å². The Morgan fingerprint density at radius 3 is 2.78 bits per heavy atom. The summed E-state index contributed by atoms with van der Waals surface area (Å²) < 4.78 is 20.2. The number of methoxy groups -OCH3 is 1. The quantitative estimate of drug-likeness (QED) is 0.645. The van der Waals surface area contributed by atoms with Gasteiger partial charge in [0.2, 0.25) is 0 Å². The molecule has 0 radical (unpaired) electrons. The Morgan fingerprint density at radius 2 is 2.28 bits per heavy atom. The Kier molecular flexibility index (Phi) is 3.28. The van der Waals surface area contributed by atoms with E-state index in [1.165, 1.54) is 30.3 Å². The highest BCUT2D eigenvalue weighted by molar-refractivity contribution is 9.10. The molecule has 0 amide bonds. The van der Waals surface area contributed by atoms with Crippen LogP contribution in [0.25, 0.3) is 5.69 Å². The van der Waals surface area contributed by atoms with Crippen molar-refractivity contribution in [2.75, 3.05) is 7.11 Å². The number of nitro groups is 1. The number of nitrogens with zero attached hydrogens (tertiary/aromatic N) is 3. The van der Waals surface area contributed by atoms with E-state index in [4.69, 9.17) is 4.74 Å². The van der Waals surface area contributed by atoms with Crippen LogP contribution in [0.3, 0.4) is 0 Å². The number of hydrogen-bond donors (Lipinski definition) is 0. The molecule has 0 aliphatic heterocycles. The average molecular weight is 316 g/mol. The van der Waals surface area contributed by atoms with Crippen molar-refractivity contribution in [3.8, 4) is 11.4 Å². The van der Waals surface area contributed by atoms with Gasteiger partial charge < -0.3 is 4.74 Å². The van der Waals surface area contributed by atoms with Crippen molar-refractivity contribution in [1.29, 1.82) is 0 Å². The van der Waals surface area contributed by atoms with Crippen LogP contribution in [-0.4, -0.2) is 21.8 Å². The zero-order valence-corrected chi connectivity index (χ0v) is 10.7. The number of aromatic nitrogens is 2. The molecule has 1 aromatic heterocycles.